The van der Waals surface area contributed by atoms with Gasteiger partial charge in [-0.25, -0.2) is 9.69 Å². The Balaban J connectivity index is 1.51. The molecule has 9 heteroatoms. The quantitative estimate of drug-likeness (QED) is 0.408. The number of nitrogens with one attached hydrogen (secondary N) is 1. The smallest absolute Gasteiger partial charge is 0.338 e. The molecule has 1 heterocycles. The number of para-hydroxylation sites is 2. The predicted octanol–water partition coefficient (Wildman–Crippen LogP) is 4.98. The maximum Gasteiger partial charge on any atom is 0.338 e. The molecule has 1 aliphatic heterocycles. The van der Waals surface area contributed by atoms with Gasteiger partial charge in [-0.3, -0.25) is 14.4 Å². The molecule has 0 saturated carbocycles. The third kappa shape index (κ3) is 4.33. The van der Waals surface area contributed by atoms with Crippen LogP contribution in [0.3, 0.4) is 0 Å². The van der Waals surface area contributed by atoms with Gasteiger partial charge in [-0.05, 0) is 49.4 Å². The lowest BCUT2D eigenvalue weighted by molar-refractivity contribution is -0.123. The molecule has 0 saturated heterocycles. The molecule has 1 aliphatic rings. The third-order valence-electron chi connectivity index (χ3n) is 5.00. The van der Waals surface area contributed by atoms with Crippen LogP contribution < -0.4 is 10.2 Å². The number of halogens is 2. The summed E-state index contributed by atoms with van der Waals surface area (Å²) < 4.78 is 5.24. The van der Waals surface area contributed by atoms with Crippen LogP contribution in [-0.4, -0.2) is 29.8 Å². The van der Waals surface area contributed by atoms with Gasteiger partial charge in [0, 0.05) is 0 Å². The Hall–Kier alpha value is -3.68. The van der Waals surface area contributed by atoms with Gasteiger partial charge >= 0.3 is 5.97 Å². The second kappa shape index (κ2) is 9.05. The molecule has 1 atom stereocenters. The number of amides is 3. The van der Waals surface area contributed by atoms with Crippen molar-refractivity contribution in [1.29, 1.82) is 0 Å². The van der Waals surface area contributed by atoms with Crippen LogP contribution >= 0.6 is 23.2 Å². The summed E-state index contributed by atoms with van der Waals surface area (Å²) in [7, 11) is 0. The fourth-order valence-corrected chi connectivity index (χ4v) is 3.70. The van der Waals surface area contributed by atoms with E-state index >= 15 is 0 Å². The summed E-state index contributed by atoms with van der Waals surface area (Å²) in [6.07, 6.45) is -1.14. The number of fused-ring (bicyclic) bond motifs is 1. The summed E-state index contributed by atoms with van der Waals surface area (Å²) in [5, 5.41) is 3.17. The zero-order chi connectivity index (χ0) is 23.7. The molecule has 0 aliphatic carbocycles. The molecule has 1 unspecified atom stereocenters. The van der Waals surface area contributed by atoms with Crippen LogP contribution in [0.1, 0.15) is 38.0 Å². The fraction of sp³-hybridized carbons (Fsp3) is 0.0833. The molecule has 0 spiro atoms. The number of esters is 1. The predicted molar refractivity (Wildman–Crippen MR) is 124 cm³/mol. The number of nitrogens with zero attached hydrogens (tertiary/aromatic N) is 1. The molecule has 3 amide bonds. The Morgan fingerprint density at radius 1 is 0.879 bits per heavy atom. The molecular weight excluding hydrogens is 467 g/mol. The van der Waals surface area contributed by atoms with E-state index in [0.29, 0.717) is 10.7 Å². The van der Waals surface area contributed by atoms with E-state index in [2.05, 4.69) is 5.32 Å². The van der Waals surface area contributed by atoms with Crippen molar-refractivity contribution in [1.82, 2.24) is 0 Å². The normalized spacial score (nSPS) is 13.5. The summed E-state index contributed by atoms with van der Waals surface area (Å²) in [6, 6.07) is 17.1. The molecule has 0 radical (unpaired) electrons. The molecule has 0 bridgehead atoms. The molecular formula is C24H16Cl2N2O5. The van der Waals surface area contributed by atoms with Gasteiger partial charge in [0.25, 0.3) is 17.7 Å². The van der Waals surface area contributed by atoms with Crippen LogP contribution in [-0.2, 0) is 9.53 Å². The summed E-state index contributed by atoms with van der Waals surface area (Å²) >= 11 is 12.2. The highest BCUT2D eigenvalue weighted by Crippen LogP contribution is 2.33. The van der Waals surface area contributed by atoms with Crippen molar-refractivity contribution in [3.63, 3.8) is 0 Å². The average molecular weight is 483 g/mol. The molecule has 0 fully saturated rings. The molecule has 3 aromatic rings. The van der Waals surface area contributed by atoms with Crippen molar-refractivity contribution in [2.75, 3.05) is 10.2 Å². The first-order valence-corrected chi connectivity index (χ1v) is 10.6. The maximum atomic E-state index is 12.9. The summed E-state index contributed by atoms with van der Waals surface area (Å²) in [5.41, 5.74) is 0.838. The van der Waals surface area contributed by atoms with Gasteiger partial charge in [0.1, 0.15) is 0 Å². The van der Waals surface area contributed by atoms with E-state index in [-0.39, 0.29) is 27.4 Å². The van der Waals surface area contributed by atoms with Gasteiger partial charge in [-0.2, -0.15) is 0 Å². The van der Waals surface area contributed by atoms with Crippen molar-refractivity contribution >= 4 is 58.3 Å². The zero-order valence-corrected chi connectivity index (χ0v) is 18.7. The van der Waals surface area contributed by atoms with Crippen molar-refractivity contribution < 1.29 is 23.9 Å². The van der Waals surface area contributed by atoms with Crippen LogP contribution in [0, 0.1) is 0 Å². The Labute approximate surface area is 198 Å². The van der Waals surface area contributed by atoms with E-state index in [1.54, 1.807) is 48.5 Å². The molecule has 166 valence electrons. The Bertz CT molecular complexity index is 1310. The van der Waals surface area contributed by atoms with Gasteiger partial charge in [-0.1, -0.05) is 47.5 Å². The fourth-order valence-electron chi connectivity index (χ4n) is 3.30. The largest absolute Gasteiger partial charge is 0.449 e. The highest BCUT2D eigenvalue weighted by molar-refractivity contribution is 6.40. The summed E-state index contributed by atoms with van der Waals surface area (Å²) in [4.78, 5) is 51.6. The van der Waals surface area contributed by atoms with E-state index in [9.17, 15) is 19.2 Å². The lowest BCUT2D eigenvalue weighted by Crippen LogP contribution is -2.30. The molecule has 4 rings (SSSR count). The van der Waals surface area contributed by atoms with Gasteiger partial charge in [0.05, 0.1) is 38.1 Å². The number of benzene rings is 3. The van der Waals surface area contributed by atoms with Crippen LogP contribution in [0.25, 0.3) is 0 Å². The molecule has 33 heavy (non-hydrogen) atoms. The summed E-state index contributed by atoms with van der Waals surface area (Å²) in [5.74, 6) is -2.55. The van der Waals surface area contributed by atoms with Crippen LogP contribution in [0.4, 0.5) is 11.4 Å². The molecule has 3 aromatic carbocycles. The second-order valence-electron chi connectivity index (χ2n) is 7.17. The first-order chi connectivity index (χ1) is 15.8. The number of anilines is 2. The van der Waals surface area contributed by atoms with Gasteiger partial charge < -0.3 is 10.1 Å². The van der Waals surface area contributed by atoms with E-state index in [0.717, 1.165) is 4.90 Å². The SMILES string of the molecule is CC(OC(=O)c1ccc2c(c1)C(=O)N(c1ccccc1Cl)C2=O)C(=O)Nc1ccccc1Cl. The zero-order valence-electron chi connectivity index (χ0n) is 17.2. The first-order valence-electron chi connectivity index (χ1n) is 9.81. The number of hydrogen-bond donors (Lipinski definition) is 1. The molecule has 0 aromatic heterocycles. The van der Waals surface area contributed by atoms with Crippen LogP contribution in [0.5, 0.6) is 0 Å². The minimum Gasteiger partial charge on any atom is -0.449 e. The highest BCUT2D eigenvalue weighted by atomic mass is 35.5. The lowest BCUT2D eigenvalue weighted by atomic mass is 10.1. The standard InChI is InChI=1S/C24H16Cl2N2O5/c1-13(21(29)27-19-8-4-2-6-17(19)25)33-24(32)14-10-11-15-16(12-14)23(31)28(22(15)30)20-9-5-3-7-18(20)26/h2-13H,1H3,(H,27,29). The monoisotopic (exact) mass is 482 g/mol. The number of rotatable bonds is 5. The van der Waals surface area contributed by atoms with Gasteiger partial charge in [0.15, 0.2) is 6.10 Å². The number of carbonyl (C=O) groups excluding carboxylic acids is 4. The topological polar surface area (TPSA) is 92.8 Å². The van der Waals surface area contributed by atoms with Gasteiger partial charge in [0.2, 0.25) is 0 Å². The van der Waals surface area contributed by atoms with Gasteiger partial charge in [-0.15, -0.1) is 0 Å². The Kier molecular flexibility index (Phi) is 6.18. The first kappa shape index (κ1) is 22.5. The van der Waals surface area contributed by atoms with E-state index in [1.807, 2.05) is 0 Å². The van der Waals surface area contributed by atoms with E-state index in [4.69, 9.17) is 27.9 Å². The highest BCUT2D eigenvalue weighted by Gasteiger charge is 2.38. The maximum absolute atomic E-state index is 12.9. The van der Waals surface area contributed by atoms with Crippen LogP contribution in [0.2, 0.25) is 10.0 Å². The van der Waals surface area contributed by atoms with E-state index in [1.165, 1.54) is 25.1 Å². The third-order valence-corrected chi connectivity index (χ3v) is 5.65. The number of ether oxygens (including phenoxy) is 1. The van der Waals surface area contributed by atoms with Crippen molar-refractivity contribution in [3.05, 3.63) is 93.5 Å². The molecule has 1 N–H and O–H groups in total. The van der Waals surface area contributed by atoms with Crippen molar-refractivity contribution in [2.24, 2.45) is 0 Å². The number of carbonyl (C=O) groups is 4. The summed E-state index contributed by atoms with van der Waals surface area (Å²) in [6.45, 7) is 1.41. The number of hydrogen-bond acceptors (Lipinski definition) is 5. The van der Waals surface area contributed by atoms with Crippen molar-refractivity contribution in [2.45, 2.75) is 13.0 Å². The average Bonchev–Trinajstić information content (AvgIpc) is 3.05. The van der Waals surface area contributed by atoms with Crippen LogP contribution in [0.15, 0.2) is 66.7 Å². The minimum absolute atomic E-state index is 0.0216. The molecule has 7 nitrogen and oxygen atoms in total. The Morgan fingerprint density at radius 3 is 2.21 bits per heavy atom. The van der Waals surface area contributed by atoms with E-state index < -0.39 is 29.8 Å². The Morgan fingerprint density at radius 2 is 1.52 bits per heavy atom. The second-order valence-corrected chi connectivity index (χ2v) is 7.99. The van der Waals surface area contributed by atoms with Crippen molar-refractivity contribution in [3.8, 4) is 0 Å². The number of imide groups is 1. The minimum atomic E-state index is -1.14. The lowest BCUT2D eigenvalue weighted by Gasteiger charge is -2.15.